The molecule has 0 aromatic heterocycles. The molecule has 1 aromatic carbocycles. The normalized spacial score (nSPS) is 21.1. The molecule has 0 amide bonds. The average Bonchev–Trinajstić information content (AvgIpc) is 2.52. The van der Waals surface area contributed by atoms with Crippen LogP contribution >= 0.6 is 0 Å². The van der Waals surface area contributed by atoms with Gasteiger partial charge < -0.3 is 5.11 Å². The molecule has 23 heavy (non-hydrogen) atoms. The Kier molecular flexibility index (Phi) is 5.85. The van der Waals surface area contributed by atoms with E-state index in [4.69, 9.17) is 5.11 Å². The third kappa shape index (κ3) is 5.07. The molecular formula is C20H31NO2. The molecule has 1 saturated heterocycles. The number of piperidine rings is 1. The van der Waals surface area contributed by atoms with Crippen molar-refractivity contribution in [1.82, 2.24) is 4.90 Å². The monoisotopic (exact) mass is 317 g/mol. The van der Waals surface area contributed by atoms with Crippen LogP contribution in [-0.2, 0) is 10.2 Å². The number of benzene rings is 1. The maximum absolute atomic E-state index is 10.8. The Balaban J connectivity index is 1.99. The van der Waals surface area contributed by atoms with Gasteiger partial charge >= 0.3 is 5.97 Å². The van der Waals surface area contributed by atoms with Crippen molar-refractivity contribution in [2.24, 2.45) is 5.92 Å². The van der Waals surface area contributed by atoms with Crippen LogP contribution in [-0.4, -0.2) is 29.1 Å². The van der Waals surface area contributed by atoms with E-state index < -0.39 is 5.97 Å². The minimum Gasteiger partial charge on any atom is -0.481 e. The lowest BCUT2D eigenvalue weighted by Crippen LogP contribution is -2.37. The fraction of sp³-hybridized carbons (Fsp3) is 0.650. The highest BCUT2D eigenvalue weighted by atomic mass is 16.4. The van der Waals surface area contributed by atoms with Crippen molar-refractivity contribution in [2.75, 3.05) is 13.1 Å². The summed E-state index contributed by atoms with van der Waals surface area (Å²) in [5, 5.41) is 8.88. The third-order valence-corrected chi connectivity index (χ3v) is 5.12. The summed E-state index contributed by atoms with van der Waals surface area (Å²) in [5.74, 6) is -0.149. The summed E-state index contributed by atoms with van der Waals surface area (Å²) >= 11 is 0. The fourth-order valence-electron chi connectivity index (χ4n) is 3.48. The molecule has 1 aromatic rings. The summed E-state index contributed by atoms with van der Waals surface area (Å²) in [6.45, 7) is 11.1. The predicted octanol–water partition coefficient (Wildman–Crippen LogP) is 4.62. The third-order valence-electron chi connectivity index (χ3n) is 5.12. The zero-order valence-electron chi connectivity index (χ0n) is 15.0. The average molecular weight is 317 g/mol. The van der Waals surface area contributed by atoms with Crippen molar-refractivity contribution in [3.63, 3.8) is 0 Å². The van der Waals surface area contributed by atoms with Crippen molar-refractivity contribution in [2.45, 2.75) is 64.8 Å². The lowest BCUT2D eigenvalue weighted by molar-refractivity contribution is -0.137. The number of carbonyl (C=O) groups is 1. The smallest absolute Gasteiger partial charge is 0.303 e. The molecule has 0 bridgehead atoms. The van der Waals surface area contributed by atoms with Gasteiger partial charge in [0.25, 0.3) is 0 Å². The largest absolute Gasteiger partial charge is 0.481 e. The van der Waals surface area contributed by atoms with Crippen molar-refractivity contribution < 1.29 is 9.90 Å². The number of nitrogens with zero attached hydrogens (tertiary/aromatic N) is 1. The van der Waals surface area contributed by atoms with Crippen LogP contribution in [0.4, 0.5) is 0 Å². The molecule has 3 nitrogen and oxygen atoms in total. The van der Waals surface area contributed by atoms with Crippen molar-refractivity contribution in [3.8, 4) is 0 Å². The highest BCUT2D eigenvalue weighted by Crippen LogP contribution is 2.30. The van der Waals surface area contributed by atoms with Gasteiger partial charge in [-0.2, -0.15) is 0 Å². The Morgan fingerprint density at radius 2 is 1.96 bits per heavy atom. The lowest BCUT2D eigenvalue weighted by Gasteiger charge is -2.37. The van der Waals surface area contributed by atoms with Crippen LogP contribution in [0, 0.1) is 5.92 Å². The van der Waals surface area contributed by atoms with Gasteiger partial charge in [0, 0.05) is 19.0 Å². The minimum atomic E-state index is -0.673. The van der Waals surface area contributed by atoms with E-state index in [1.807, 2.05) is 0 Å². The number of aliphatic carboxylic acids is 1. The van der Waals surface area contributed by atoms with Crippen LogP contribution in [0.15, 0.2) is 24.3 Å². The number of likely N-dealkylation sites (tertiary alicyclic amines) is 1. The number of carboxylic acid groups (broad SMARTS) is 1. The molecule has 0 saturated carbocycles. The van der Waals surface area contributed by atoms with Crippen LogP contribution in [0.25, 0.3) is 0 Å². The first-order valence-electron chi connectivity index (χ1n) is 8.83. The second-order valence-corrected chi connectivity index (χ2v) is 7.98. The zero-order valence-corrected chi connectivity index (χ0v) is 15.0. The van der Waals surface area contributed by atoms with E-state index in [9.17, 15) is 4.79 Å². The van der Waals surface area contributed by atoms with Gasteiger partial charge in [-0.3, -0.25) is 9.69 Å². The molecule has 1 aliphatic rings. The molecule has 2 unspecified atom stereocenters. The Labute approximate surface area is 140 Å². The van der Waals surface area contributed by atoms with Gasteiger partial charge in [0.2, 0.25) is 0 Å². The maximum Gasteiger partial charge on any atom is 0.303 e. The van der Waals surface area contributed by atoms with E-state index >= 15 is 0 Å². The van der Waals surface area contributed by atoms with Gasteiger partial charge in [-0.25, -0.2) is 0 Å². The van der Waals surface area contributed by atoms with E-state index in [1.165, 1.54) is 24.0 Å². The van der Waals surface area contributed by atoms with E-state index in [0.29, 0.717) is 18.4 Å². The minimum absolute atomic E-state index is 0.189. The quantitative estimate of drug-likeness (QED) is 0.861. The standard InChI is InChI=1S/C20H31NO2/c1-15(17-8-10-18(11-9-17)20(2,3)4)21-13-5-6-16(14-21)7-12-19(22)23/h8-11,15-16H,5-7,12-14H2,1-4H3,(H,22,23). The molecule has 1 aliphatic heterocycles. The molecule has 1 fully saturated rings. The fourth-order valence-corrected chi connectivity index (χ4v) is 3.48. The Hall–Kier alpha value is -1.35. The summed E-state index contributed by atoms with van der Waals surface area (Å²) in [6.07, 6.45) is 3.45. The number of hydrogen-bond donors (Lipinski definition) is 1. The van der Waals surface area contributed by atoms with Gasteiger partial charge in [-0.05, 0) is 55.2 Å². The highest BCUT2D eigenvalue weighted by Gasteiger charge is 2.25. The van der Waals surface area contributed by atoms with Gasteiger partial charge in [-0.1, -0.05) is 45.0 Å². The number of hydrogen-bond acceptors (Lipinski definition) is 2. The van der Waals surface area contributed by atoms with Gasteiger partial charge in [0.1, 0.15) is 0 Å². The van der Waals surface area contributed by atoms with E-state index in [0.717, 1.165) is 19.5 Å². The van der Waals surface area contributed by atoms with Crippen LogP contribution in [0.2, 0.25) is 0 Å². The molecule has 3 heteroatoms. The first kappa shape index (κ1) is 18.0. The molecule has 1 heterocycles. The topological polar surface area (TPSA) is 40.5 Å². The molecule has 2 rings (SSSR count). The van der Waals surface area contributed by atoms with Crippen LogP contribution < -0.4 is 0 Å². The van der Waals surface area contributed by atoms with Crippen molar-refractivity contribution >= 4 is 5.97 Å². The first-order chi connectivity index (χ1) is 10.8. The molecule has 128 valence electrons. The van der Waals surface area contributed by atoms with Crippen LogP contribution in [0.5, 0.6) is 0 Å². The number of rotatable bonds is 5. The SMILES string of the molecule is CC(c1ccc(C(C)(C)C)cc1)N1CCCC(CCC(=O)O)C1. The summed E-state index contributed by atoms with van der Waals surface area (Å²) in [4.78, 5) is 13.3. The Morgan fingerprint density at radius 1 is 1.30 bits per heavy atom. The summed E-state index contributed by atoms with van der Waals surface area (Å²) in [6, 6.07) is 9.41. The highest BCUT2D eigenvalue weighted by molar-refractivity contribution is 5.66. The second kappa shape index (κ2) is 7.48. The van der Waals surface area contributed by atoms with Crippen molar-refractivity contribution in [1.29, 1.82) is 0 Å². The van der Waals surface area contributed by atoms with Crippen molar-refractivity contribution in [3.05, 3.63) is 35.4 Å². The molecule has 0 aliphatic carbocycles. The molecular weight excluding hydrogens is 286 g/mol. The lowest BCUT2D eigenvalue weighted by atomic mass is 9.86. The molecule has 1 N–H and O–H groups in total. The predicted molar refractivity (Wildman–Crippen MR) is 94.7 cm³/mol. The van der Waals surface area contributed by atoms with E-state index in [2.05, 4.69) is 56.9 Å². The van der Waals surface area contributed by atoms with Gasteiger partial charge in [-0.15, -0.1) is 0 Å². The second-order valence-electron chi connectivity index (χ2n) is 7.98. The maximum atomic E-state index is 10.8. The Morgan fingerprint density at radius 3 is 2.52 bits per heavy atom. The molecule has 0 radical (unpaired) electrons. The summed E-state index contributed by atoms with van der Waals surface area (Å²) in [7, 11) is 0. The van der Waals surface area contributed by atoms with Crippen LogP contribution in [0.1, 0.15) is 70.5 Å². The van der Waals surface area contributed by atoms with Crippen LogP contribution in [0.3, 0.4) is 0 Å². The van der Waals surface area contributed by atoms with Gasteiger partial charge in [0.05, 0.1) is 0 Å². The summed E-state index contributed by atoms with van der Waals surface area (Å²) in [5.41, 5.74) is 2.91. The van der Waals surface area contributed by atoms with E-state index in [1.54, 1.807) is 0 Å². The first-order valence-corrected chi connectivity index (χ1v) is 8.83. The van der Waals surface area contributed by atoms with E-state index in [-0.39, 0.29) is 5.41 Å². The van der Waals surface area contributed by atoms with Gasteiger partial charge in [0.15, 0.2) is 0 Å². The summed E-state index contributed by atoms with van der Waals surface area (Å²) < 4.78 is 0. The Bertz CT molecular complexity index is 515. The number of carboxylic acids is 1. The zero-order chi connectivity index (χ0) is 17.0. The molecule has 2 atom stereocenters. The molecule has 0 spiro atoms.